The summed E-state index contributed by atoms with van der Waals surface area (Å²) in [5.74, 6) is 0.773. The van der Waals surface area contributed by atoms with Crippen molar-refractivity contribution in [3.05, 3.63) is 0 Å². The van der Waals surface area contributed by atoms with E-state index < -0.39 is 0 Å². The van der Waals surface area contributed by atoms with E-state index in [4.69, 9.17) is 5.73 Å². The number of likely N-dealkylation sites (N-methyl/N-ethyl adjacent to an activating group) is 1. The number of nitrogens with zero attached hydrogens (tertiary/aromatic N) is 1. The van der Waals surface area contributed by atoms with Crippen LogP contribution in [0, 0.1) is 11.8 Å². The highest BCUT2D eigenvalue weighted by atomic mass is 16.2. The van der Waals surface area contributed by atoms with Crippen molar-refractivity contribution in [3.8, 4) is 0 Å². The van der Waals surface area contributed by atoms with Gasteiger partial charge in [-0.1, -0.05) is 13.8 Å². The first-order valence-corrected chi connectivity index (χ1v) is 7.20. The highest BCUT2D eigenvalue weighted by Gasteiger charge is 2.33. The zero-order valence-electron chi connectivity index (χ0n) is 12.3. The summed E-state index contributed by atoms with van der Waals surface area (Å²) in [4.78, 5) is 25.8. The number of carbonyl (C=O) groups excluding carboxylic acids is 2. The van der Waals surface area contributed by atoms with Crippen LogP contribution in [0.5, 0.6) is 0 Å². The topological polar surface area (TPSA) is 75.4 Å². The molecule has 19 heavy (non-hydrogen) atoms. The normalized spacial score (nSPS) is 20.7. The molecule has 2 amide bonds. The molecule has 0 aromatic carbocycles. The number of hydrogen-bond donors (Lipinski definition) is 2. The predicted octanol–water partition coefficient (Wildman–Crippen LogP) is 0.734. The summed E-state index contributed by atoms with van der Waals surface area (Å²) in [5.41, 5.74) is 5.74. The second-order valence-corrected chi connectivity index (χ2v) is 5.79. The first-order valence-electron chi connectivity index (χ1n) is 7.20. The van der Waals surface area contributed by atoms with Crippen molar-refractivity contribution in [3.63, 3.8) is 0 Å². The Balaban J connectivity index is 2.58. The van der Waals surface area contributed by atoms with Crippen LogP contribution in [0.4, 0.5) is 0 Å². The monoisotopic (exact) mass is 269 g/mol. The maximum Gasteiger partial charge on any atom is 0.242 e. The molecule has 1 heterocycles. The molecule has 0 aliphatic carbocycles. The van der Waals surface area contributed by atoms with Crippen LogP contribution in [0.15, 0.2) is 0 Å². The lowest BCUT2D eigenvalue weighted by Crippen LogP contribution is -2.45. The van der Waals surface area contributed by atoms with Gasteiger partial charge in [0.2, 0.25) is 11.8 Å². The van der Waals surface area contributed by atoms with Crippen LogP contribution in [-0.4, -0.2) is 42.9 Å². The second kappa shape index (κ2) is 7.48. The van der Waals surface area contributed by atoms with Gasteiger partial charge in [0.25, 0.3) is 0 Å². The molecule has 5 nitrogen and oxygen atoms in total. The van der Waals surface area contributed by atoms with Crippen LogP contribution in [0.25, 0.3) is 0 Å². The molecule has 1 unspecified atom stereocenters. The lowest BCUT2D eigenvalue weighted by atomic mass is 9.93. The lowest BCUT2D eigenvalue weighted by molar-refractivity contribution is -0.139. The van der Waals surface area contributed by atoms with Gasteiger partial charge in [0.05, 0.1) is 0 Å². The lowest BCUT2D eigenvalue weighted by Gasteiger charge is -2.26. The summed E-state index contributed by atoms with van der Waals surface area (Å²) >= 11 is 0. The Morgan fingerprint density at radius 1 is 1.42 bits per heavy atom. The van der Waals surface area contributed by atoms with Gasteiger partial charge in [0.15, 0.2) is 0 Å². The molecule has 0 aromatic rings. The second-order valence-electron chi connectivity index (χ2n) is 5.79. The summed E-state index contributed by atoms with van der Waals surface area (Å²) in [6.45, 7) is 5.49. The number of hydrogen-bond acceptors (Lipinski definition) is 3. The minimum Gasteiger partial charge on any atom is -0.357 e. The quantitative estimate of drug-likeness (QED) is 0.746. The van der Waals surface area contributed by atoms with E-state index in [-0.39, 0.29) is 23.8 Å². The smallest absolute Gasteiger partial charge is 0.242 e. The Kier molecular flexibility index (Phi) is 6.28. The maximum absolute atomic E-state index is 12.3. The molecule has 1 aliphatic heterocycles. The Hall–Kier alpha value is -1.10. The van der Waals surface area contributed by atoms with Gasteiger partial charge in [-0.3, -0.25) is 9.59 Å². The van der Waals surface area contributed by atoms with Gasteiger partial charge >= 0.3 is 0 Å². The van der Waals surface area contributed by atoms with Crippen molar-refractivity contribution in [2.24, 2.45) is 17.6 Å². The first-order chi connectivity index (χ1) is 8.99. The van der Waals surface area contributed by atoms with Gasteiger partial charge in [-0.05, 0) is 37.6 Å². The third-order valence-corrected chi connectivity index (χ3v) is 3.72. The van der Waals surface area contributed by atoms with Crippen molar-refractivity contribution < 1.29 is 9.59 Å². The number of nitrogens with two attached hydrogens (primary N) is 1. The van der Waals surface area contributed by atoms with Crippen LogP contribution >= 0.6 is 0 Å². The average molecular weight is 269 g/mol. The van der Waals surface area contributed by atoms with Gasteiger partial charge < -0.3 is 16.0 Å². The molecular formula is C14H27N3O2. The molecule has 0 radical (unpaired) electrons. The number of carbonyl (C=O) groups is 2. The van der Waals surface area contributed by atoms with Crippen LogP contribution in [0.2, 0.25) is 0 Å². The summed E-state index contributed by atoms with van der Waals surface area (Å²) in [5, 5.41) is 2.63. The van der Waals surface area contributed by atoms with Gasteiger partial charge in [0.1, 0.15) is 6.04 Å². The molecule has 110 valence electrons. The fraction of sp³-hybridized carbons (Fsp3) is 0.857. The van der Waals surface area contributed by atoms with E-state index in [9.17, 15) is 9.59 Å². The van der Waals surface area contributed by atoms with Crippen molar-refractivity contribution in [1.82, 2.24) is 10.2 Å². The fourth-order valence-electron chi connectivity index (χ4n) is 2.80. The van der Waals surface area contributed by atoms with E-state index in [2.05, 4.69) is 19.2 Å². The first kappa shape index (κ1) is 16.0. The zero-order chi connectivity index (χ0) is 14.4. The van der Waals surface area contributed by atoms with Crippen LogP contribution in [0.3, 0.4) is 0 Å². The number of rotatable bonds is 6. The summed E-state index contributed by atoms with van der Waals surface area (Å²) in [6.07, 6.45) is 3.09. The van der Waals surface area contributed by atoms with Crippen LogP contribution < -0.4 is 11.1 Å². The molecule has 5 heteroatoms. The van der Waals surface area contributed by atoms with E-state index in [1.165, 1.54) is 0 Å². The zero-order valence-corrected chi connectivity index (χ0v) is 12.3. The highest BCUT2D eigenvalue weighted by molar-refractivity contribution is 5.88. The molecule has 0 saturated carbocycles. The number of likely N-dealkylation sites (tertiary alicyclic amines) is 1. The predicted molar refractivity (Wildman–Crippen MR) is 75.4 cm³/mol. The maximum atomic E-state index is 12.3. The third kappa shape index (κ3) is 4.49. The van der Waals surface area contributed by atoms with Crippen molar-refractivity contribution >= 4 is 11.8 Å². The van der Waals surface area contributed by atoms with Crippen LogP contribution in [0.1, 0.15) is 39.5 Å². The standard InChI is InChI=1S/C14H27N3O2/c1-10(2)7-11(9-15)8-13(18)17-6-4-5-12(17)14(19)16-3/h10-12H,4-9,15H2,1-3H3,(H,16,19)/t11-,12?/m0/s1. The fourth-order valence-corrected chi connectivity index (χ4v) is 2.80. The van der Waals surface area contributed by atoms with E-state index in [0.717, 1.165) is 19.3 Å². The van der Waals surface area contributed by atoms with Gasteiger partial charge in [-0.2, -0.15) is 0 Å². The Labute approximate surface area is 115 Å². The van der Waals surface area contributed by atoms with E-state index >= 15 is 0 Å². The van der Waals surface area contributed by atoms with Crippen LogP contribution in [-0.2, 0) is 9.59 Å². The SMILES string of the molecule is CNC(=O)C1CCCN1C(=O)C[C@@H](CN)CC(C)C. The Morgan fingerprint density at radius 2 is 2.11 bits per heavy atom. The average Bonchev–Trinajstić information content (AvgIpc) is 2.85. The molecule has 1 rings (SSSR count). The van der Waals surface area contributed by atoms with Gasteiger partial charge in [0, 0.05) is 20.0 Å². The molecule has 0 aromatic heterocycles. The largest absolute Gasteiger partial charge is 0.357 e. The molecular weight excluding hydrogens is 242 g/mol. The molecule has 0 bridgehead atoms. The molecule has 1 saturated heterocycles. The minimum atomic E-state index is -0.282. The summed E-state index contributed by atoms with van der Waals surface area (Å²) in [7, 11) is 1.62. The Morgan fingerprint density at radius 3 is 2.63 bits per heavy atom. The highest BCUT2D eigenvalue weighted by Crippen LogP contribution is 2.22. The van der Waals surface area contributed by atoms with E-state index in [0.29, 0.717) is 25.4 Å². The summed E-state index contributed by atoms with van der Waals surface area (Å²) < 4.78 is 0. The number of amides is 2. The van der Waals surface area contributed by atoms with E-state index in [1.54, 1.807) is 11.9 Å². The third-order valence-electron chi connectivity index (χ3n) is 3.72. The molecule has 2 atom stereocenters. The van der Waals surface area contributed by atoms with Gasteiger partial charge in [-0.15, -0.1) is 0 Å². The molecule has 3 N–H and O–H groups in total. The van der Waals surface area contributed by atoms with Crippen molar-refractivity contribution in [2.45, 2.75) is 45.6 Å². The van der Waals surface area contributed by atoms with E-state index in [1.807, 2.05) is 0 Å². The van der Waals surface area contributed by atoms with Crippen molar-refractivity contribution in [1.29, 1.82) is 0 Å². The summed E-state index contributed by atoms with van der Waals surface area (Å²) in [6, 6.07) is -0.282. The van der Waals surface area contributed by atoms with Gasteiger partial charge in [-0.25, -0.2) is 0 Å². The molecule has 0 spiro atoms. The molecule has 1 fully saturated rings. The Bertz CT molecular complexity index is 318. The molecule has 1 aliphatic rings. The minimum absolute atomic E-state index is 0.0565. The van der Waals surface area contributed by atoms with Crippen molar-refractivity contribution in [2.75, 3.05) is 20.1 Å². The number of nitrogens with one attached hydrogen (secondary N) is 1.